The molecule has 1 unspecified atom stereocenters. The van der Waals surface area contributed by atoms with Gasteiger partial charge in [-0.05, 0) is 5.53 Å². The van der Waals surface area contributed by atoms with Crippen molar-refractivity contribution < 1.29 is 62.1 Å². The van der Waals surface area contributed by atoms with Gasteiger partial charge < -0.3 is 47.7 Å². The van der Waals surface area contributed by atoms with Crippen LogP contribution in [-0.4, -0.2) is 120 Å². The molecule has 0 saturated carbocycles. The molecule has 11 atom stereocenters. The molecule has 21 nitrogen and oxygen atoms in total. The number of hydrogen-bond acceptors (Lipinski definition) is 17. The number of ether oxygens (including phenoxy) is 9. The number of esters is 3. The Labute approximate surface area is 306 Å². The number of fused-ring (bicyclic) bond motifs is 1. The number of aromatic nitrogens is 2. The van der Waals surface area contributed by atoms with E-state index in [0.717, 1.165) is 36.1 Å². The molecule has 2 aromatic rings. The lowest BCUT2D eigenvalue weighted by Gasteiger charge is -2.50. The molecule has 54 heavy (non-hydrogen) atoms. The first kappa shape index (κ1) is 40.0. The van der Waals surface area contributed by atoms with E-state index in [1.165, 1.54) is 21.2 Å². The highest BCUT2D eigenvalue weighted by atomic mass is 16.8. The number of nitrogens with zero attached hydrogens (tertiary/aromatic N) is 6. The number of rotatable bonds is 11. The average Bonchev–Trinajstić information content (AvgIpc) is 3.14. The Kier molecular flexibility index (Phi) is 12.9. The number of carbonyl (C=O) groups excluding carboxylic acids is 3. The van der Waals surface area contributed by atoms with Gasteiger partial charge in [-0.25, -0.2) is 4.79 Å². The second kappa shape index (κ2) is 17.3. The van der Waals surface area contributed by atoms with Crippen LogP contribution in [0.3, 0.4) is 0 Å². The van der Waals surface area contributed by atoms with E-state index < -0.39 is 115 Å². The van der Waals surface area contributed by atoms with E-state index in [-0.39, 0.29) is 6.61 Å². The molecule has 292 valence electrons. The maximum Gasteiger partial charge on any atom is 0.333 e. The molecule has 3 aliphatic rings. The lowest BCUT2D eigenvalue weighted by Crippen LogP contribution is -2.66. The van der Waals surface area contributed by atoms with Gasteiger partial charge in [0.05, 0.1) is 6.61 Å². The van der Waals surface area contributed by atoms with Crippen molar-refractivity contribution in [2.24, 2.45) is 24.2 Å². The number of benzene rings is 1. The number of aliphatic imine (C=N–C) groups is 1. The Morgan fingerprint density at radius 2 is 1.63 bits per heavy atom. The van der Waals surface area contributed by atoms with Crippen LogP contribution >= 0.6 is 0 Å². The van der Waals surface area contributed by atoms with Gasteiger partial charge in [-0.3, -0.25) is 33.3 Å². The van der Waals surface area contributed by atoms with E-state index in [0.29, 0.717) is 5.56 Å². The highest BCUT2D eigenvalue weighted by Gasteiger charge is 2.56. The van der Waals surface area contributed by atoms with Crippen LogP contribution in [0, 0.1) is 0 Å². The molecule has 0 spiro atoms. The first-order valence-electron chi connectivity index (χ1n) is 16.6. The molecule has 1 N–H and O–H groups in total. The third-order valence-corrected chi connectivity index (χ3v) is 8.80. The zero-order valence-corrected chi connectivity index (χ0v) is 30.1. The SMILES string of the molecule is CO[C@@H]1O[C@@H]2COC(c3ccccc3)O[C@H]2[C@H](O[C@@H]2O[C@H](COC(C)=O)[C@@H](OC(C)=O)[C@H](OC(C)=O)[C@H]2N=Cc2c(O)n(C)c(=O)n(C)c2=O)[C@H]1N=[N+]=[N-]. The number of carbonyl (C=O) groups is 3. The number of aromatic hydroxyl groups is 1. The summed E-state index contributed by atoms with van der Waals surface area (Å²) in [5, 5.41) is 14.7. The van der Waals surface area contributed by atoms with E-state index >= 15 is 0 Å². The number of hydrogen-bond donors (Lipinski definition) is 1. The topological polar surface area (TPSA) is 260 Å². The molecule has 1 aromatic heterocycles. The molecule has 5 rings (SSSR count). The fourth-order valence-corrected chi connectivity index (χ4v) is 6.32. The van der Waals surface area contributed by atoms with Gasteiger partial charge in [0.1, 0.15) is 48.7 Å². The average molecular weight is 761 g/mol. The summed E-state index contributed by atoms with van der Waals surface area (Å²) >= 11 is 0. The van der Waals surface area contributed by atoms with E-state index in [1.54, 1.807) is 24.3 Å². The Balaban J connectivity index is 1.65. The highest BCUT2D eigenvalue weighted by Crippen LogP contribution is 2.39. The van der Waals surface area contributed by atoms with Crippen molar-refractivity contribution in [2.75, 3.05) is 20.3 Å². The summed E-state index contributed by atoms with van der Waals surface area (Å²) in [6, 6.07) is 6.15. The minimum atomic E-state index is -1.66. The predicted octanol–water partition coefficient (Wildman–Crippen LogP) is 0.278. The Hall–Kier alpha value is -5.15. The van der Waals surface area contributed by atoms with Crippen molar-refractivity contribution in [2.45, 2.75) is 88.3 Å². The smallest absolute Gasteiger partial charge is 0.333 e. The quantitative estimate of drug-likeness (QED) is 0.0805. The van der Waals surface area contributed by atoms with E-state index in [1.807, 2.05) is 6.07 Å². The molecule has 21 heteroatoms. The molecule has 0 aliphatic carbocycles. The second-order valence-corrected chi connectivity index (χ2v) is 12.5. The predicted molar refractivity (Wildman–Crippen MR) is 180 cm³/mol. The Bertz CT molecular complexity index is 1900. The van der Waals surface area contributed by atoms with Crippen molar-refractivity contribution in [3.05, 3.63) is 72.7 Å². The molecular weight excluding hydrogens is 720 g/mol. The van der Waals surface area contributed by atoms with Gasteiger partial charge in [-0.2, -0.15) is 0 Å². The van der Waals surface area contributed by atoms with Gasteiger partial charge in [0.25, 0.3) is 5.56 Å². The number of azide groups is 1. The lowest BCUT2D eigenvalue weighted by atomic mass is 9.94. The molecule has 3 fully saturated rings. The normalized spacial score (nSPS) is 30.8. The van der Waals surface area contributed by atoms with E-state index in [2.05, 4.69) is 15.0 Å². The first-order chi connectivity index (χ1) is 25.7. The Morgan fingerprint density at radius 1 is 0.944 bits per heavy atom. The van der Waals surface area contributed by atoms with Crippen LogP contribution in [-0.2, 0) is 71.1 Å². The zero-order valence-electron chi connectivity index (χ0n) is 30.1. The van der Waals surface area contributed by atoms with Crippen molar-refractivity contribution >= 4 is 24.1 Å². The minimum Gasteiger partial charge on any atom is -0.494 e. The van der Waals surface area contributed by atoms with Gasteiger partial charge >= 0.3 is 23.6 Å². The fourth-order valence-electron chi connectivity index (χ4n) is 6.32. The molecular formula is C33H40N6O15. The largest absolute Gasteiger partial charge is 0.494 e. The maximum atomic E-state index is 13.1. The third-order valence-electron chi connectivity index (χ3n) is 8.80. The molecule has 3 saturated heterocycles. The van der Waals surface area contributed by atoms with Crippen LogP contribution in [0.25, 0.3) is 10.4 Å². The summed E-state index contributed by atoms with van der Waals surface area (Å²) in [6.45, 7) is 2.76. The van der Waals surface area contributed by atoms with Gasteiger partial charge in [-0.1, -0.05) is 35.4 Å². The van der Waals surface area contributed by atoms with Crippen LogP contribution in [0.15, 0.2) is 50.0 Å². The molecule has 1 aromatic carbocycles. The van der Waals surface area contributed by atoms with Crippen molar-refractivity contribution in [3.8, 4) is 5.88 Å². The molecule has 3 aliphatic heterocycles. The van der Waals surface area contributed by atoms with Crippen LogP contribution in [0.1, 0.15) is 38.2 Å². The van der Waals surface area contributed by atoms with Gasteiger partial charge in [-0.15, -0.1) is 0 Å². The summed E-state index contributed by atoms with van der Waals surface area (Å²) in [6.07, 6.45) is -10.4. The maximum absolute atomic E-state index is 13.1. The minimum absolute atomic E-state index is 0.0188. The third kappa shape index (κ3) is 8.63. The fraction of sp³-hybridized carbons (Fsp3) is 0.576. The summed E-state index contributed by atoms with van der Waals surface area (Å²) in [7, 11) is 3.73. The Morgan fingerprint density at radius 3 is 2.26 bits per heavy atom. The van der Waals surface area contributed by atoms with Gasteiger partial charge in [0.2, 0.25) is 5.88 Å². The van der Waals surface area contributed by atoms with Gasteiger partial charge in [0.15, 0.2) is 31.1 Å². The standard InChI is InChI=1S/C33H40N6O15/c1-15(40)47-13-20-24(49-16(2)41)26(50-17(3)42)22(35-12-19-28(43)38(4)33(45)39(5)29(19)44)32(52-20)54-27-23(36-37-34)31(46-6)51-21-14-48-30(53-25(21)27)18-10-8-7-9-11-18/h7-12,20-27,30-32,43H,13-14H2,1-6H3/t20-,21-,22-,23-,24-,25-,26-,27-,30?,31-,32+/m1/s1. The van der Waals surface area contributed by atoms with E-state index in [9.17, 15) is 34.6 Å². The number of methoxy groups -OCH3 is 1. The molecule has 0 radical (unpaired) electrons. The summed E-state index contributed by atoms with van der Waals surface area (Å²) in [4.78, 5) is 69.9. The van der Waals surface area contributed by atoms with Crippen molar-refractivity contribution in [1.82, 2.24) is 9.13 Å². The summed E-state index contributed by atoms with van der Waals surface area (Å²) in [5.74, 6) is -3.15. The van der Waals surface area contributed by atoms with Crippen LogP contribution in [0.4, 0.5) is 0 Å². The van der Waals surface area contributed by atoms with Crippen LogP contribution in [0.2, 0.25) is 0 Å². The van der Waals surface area contributed by atoms with Crippen molar-refractivity contribution in [3.63, 3.8) is 0 Å². The van der Waals surface area contributed by atoms with Crippen molar-refractivity contribution in [1.29, 1.82) is 0 Å². The molecule has 0 amide bonds. The van der Waals surface area contributed by atoms with Gasteiger partial charge in [0, 0.05) is 58.7 Å². The molecule has 4 heterocycles. The first-order valence-corrected chi connectivity index (χ1v) is 16.6. The lowest BCUT2D eigenvalue weighted by molar-refractivity contribution is -0.366. The van der Waals surface area contributed by atoms with Crippen LogP contribution < -0.4 is 11.2 Å². The summed E-state index contributed by atoms with van der Waals surface area (Å²) in [5.41, 5.74) is 8.08. The highest BCUT2D eigenvalue weighted by molar-refractivity contribution is 5.82. The molecule has 0 bridgehead atoms. The monoisotopic (exact) mass is 760 g/mol. The summed E-state index contributed by atoms with van der Waals surface area (Å²) < 4.78 is 54.8. The zero-order chi connectivity index (χ0) is 39.3. The van der Waals surface area contributed by atoms with Crippen LogP contribution in [0.5, 0.6) is 5.88 Å². The van der Waals surface area contributed by atoms with E-state index in [4.69, 9.17) is 42.6 Å². The second-order valence-electron chi connectivity index (χ2n) is 12.5.